The molecule has 7 heteroatoms. The van der Waals surface area contributed by atoms with Crippen LogP contribution in [0.3, 0.4) is 0 Å². The third-order valence-electron chi connectivity index (χ3n) is 5.66. The van der Waals surface area contributed by atoms with E-state index in [4.69, 9.17) is 4.42 Å². The van der Waals surface area contributed by atoms with Crippen LogP contribution in [0.2, 0.25) is 0 Å². The Hall–Kier alpha value is -3.61. The number of hydrogen-bond acceptors (Lipinski definition) is 4. The van der Waals surface area contributed by atoms with Crippen LogP contribution in [0.4, 0.5) is 0 Å². The van der Waals surface area contributed by atoms with Gasteiger partial charge in [-0.3, -0.25) is 14.4 Å². The summed E-state index contributed by atoms with van der Waals surface area (Å²) in [6.45, 7) is 3.85. The van der Waals surface area contributed by atoms with Crippen molar-refractivity contribution in [2.24, 2.45) is 0 Å². The number of amides is 2. The SMILES string of the molecule is Cc1ccn(CCc2ccccc2)c(=O)c1C(=O)N1CCN(C(=O)c2ccco2)CC1. The van der Waals surface area contributed by atoms with Crippen molar-refractivity contribution in [2.75, 3.05) is 26.2 Å². The van der Waals surface area contributed by atoms with Gasteiger partial charge in [0.1, 0.15) is 5.56 Å². The highest BCUT2D eigenvalue weighted by molar-refractivity contribution is 5.96. The number of piperazine rings is 1. The Morgan fingerprint density at radius 1 is 0.903 bits per heavy atom. The van der Waals surface area contributed by atoms with Gasteiger partial charge in [-0.2, -0.15) is 0 Å². The van der Waals surface area contributed by atoms with Gasteiger partial charge in [-0.25, -0.2) is 0 Å². The Morgan fingerprint density at radius 3 is 2.23 bits per heavy atom. The quantitative estimate of drug-likeness (QED) is 0.637. The summed E-state index contributed by atoms with van der Waals surface area (Å²) in [4.78, 5) is 42.0. The van der Waals surface area contributed by atoms with Gasteiger partial charge >= 0.3 is 0 Å². The van der Waals surface area contributed by atoms with E-state index in [0.717, 1.165) is 5.56 Å². The van der Waals surface area contributed by atoms with E-state index < -0.39 is 0 Å². The highest BCUT2D eigenvalue weighted by Gasteiger charge is 2.28. The number of aryl methyl sites for hydroxylation is 3. The van der Waals surface area contributed by atoms with Gasteiger partial charge in [0.05, 0.1) is 6.26 Å². The van der Waals surface area contributed by atoms with E-state index in [1.165, 1.54) is 6.26 Å². The molecule has 0 N–H and O–H groups in total. The Balaban J connectivity index is 1.45. The van der Waals surface area contributed by atoms with E-state index >= 15 is 0 Å². The molecule has 1 saturated heterocycles. The van der Waals surface area contributed by atoms with Gasteiger partial charge in [-0.15, -0.1) is 0 Å². The van der Waals surface area contributed by atoms with E-state index in [9.17, 15) is 14.4 Å². The molecule has 0 bridgehead atoms. The highest BCUT2D eigenvalue weighted by atomic mass is 16.3. The van der Waals surface area contributed by atoms with Crippen molar-refractivity contribution < 1.29 is 14.0 Å². The van der Waals surface area contributed by atoms with Crippen LogP contribution in [0.1, 0.15) is 32.0 Å². The van der Waals surface area contributed by atoms with Crippen LogP contribution < -0.4 is 5.56 Å². The maximum absolute atomic E-state index is 13.2. The minimum atomic E-state index is -0.276. The highest BCUT2D eigenvalue weighted by Crippen LogP contribution is 2.13. The number of pyridine rings is 1. The van der Waals surface area contributed by atoms with E-state index in [1.54, 1.807) is 39.6 Å². The molecule has 4 rings (SSSR count). The first kappa shape index (κ1) is 20.7. The molecule has 0 atom stereocenters. The summed E-state index contributed by atoms with van der Waals surface area (Å²) in [5.74, 6) is -0.169. The fraction of sp³-hybridized carbons (Fsp3) is 0.292. The number of carbonyl (C=O) groups is 2. The Kier molecular flexibility index (Phi) is 6.02. The number of rotatable bonds is 5. The number of aromatic nitrogens is 1. The van der Waals surface area contributed by atoms with Crippen molar-refractivity contribution in [1.82, 2.24) is 14.4 Å². The van der Waals surface area contributed by atoms with E-state index in [1.807, 2.05) is 36.4 Å². The number of carbonyl (C=O) groups excluding carboxylic acids is 2. The lowest BCUT2D eigenvalue weighted by atomic mass is 10.1. The molecule has 2 aromatic heterocycles. The fourth-order valence-corrected chi connectivity index (χ4v) is 3.82. The smallest absolute Gasteiger partial charge is 0.289 e. The lowest BCUT2D eigenvalue weighted by Gasteiger charge is -2.34. The summed E-state index contributed by atoms with van der Waals surface area (Å²) >= 11 is 0. The van der Waals surface area contributed by atoms with E-state index in [0.29, 0.717) is 50.5 Å². The minimum absolute atomic E-state index is 0.184. The predicted molar refractivity (Wildman–Crippen MR) is 116 cm³/mol. The topological polar surface area (TPSA) is 75.8 Å². The summed E-state index contributed by atoms with van der Waals surface area (Å²) in [7, 11) is 0. The predicted octanol–water partition coefficient (Wildman–Crippen LogP) is 2.59. The molecule has 0 radical (unpaired) electrons. The number of nitrogens with zero attached hydrogens (tertiary/aromatic N) is 3. The molecule has 2 amide bonds. The number of hydrogen-bond donors (Lipinski definition) is 0. The fourth-order valence-electron chi connectivity index (χ4n) is 3.82. The first-order valence-electron chi connectivity index (χ1n) is 10.4. The first-order valence-corrected chi connectivity index (χ1v) is 10.4. The molecule has 0 spiro atoms. The van der Waals surface area contributed by atoms with Gasteiger partial charge in [0.2, 0.25) is 0 Å². The lowest BCUT2D eigenvalue weighted by molar-refractivity contribution is 0.0516. The van der Waals surface area contributed by atoms with Crippen molar-refractivity contribution in [3.8, 4) is 0 Å². The molecule has 0 unspecified atom stereocenters. The van der Waals surface area contributed by atoms with Gasteiger partial charge in [-0.05, 0) is 42.7 Å². The molecule has 1 aromatic carbocycles. The molecule has 1 fully saturated rings. The second-order valence-corrected chi connectivity index (χ2v) is 7.67. The Morgan fingerprint density at radius 2 is 1.58 bits per heavy atom. The molecule has 31 heavy (non-hydrogen) atoms. The zero-order valence-electron chi connectivity index (χ0n) is 17.5. The average molecular weight is 419 g/mol. The summed E-state index contributed by atoms with van der Waals surface area (Å²) < 4.78 is 6.78. The van der Waals surface area contributed by atoms with Crippen molar-refractivity contribution in [2.45, 2.75) is 19.9 Å². The monoisotopic (exact) mass is 419 g/mol. The molecule has 7 nitrogen and oxygen atoms in total. The van der Waals surface area contributed by atoms with Crippen LogP contribution in [-0.2, 0) is 13.0 Å². The Labute approximate surface area is 180 Å². The summed E-state index contributed by atoms with van der Waals surface area (Å²) in [6.07, 6.45) is 3.93. The zero-order chi connectivity index (χ0) is 21.8. The number of benzene rings is 1. The normalized spacial score (nSPS) is 14.0. The molecule has 0 saturated carbocycles. The Bertz CT molecular complexity index is 1110. The van der Waals surface area contributed by atoms with Crippen LogP contribution in [0.25, 0.3) is 0 Å². The van der Waals surface area contributed by atoms with E-state index in [2.05, 4.69) is 0 Å². The molecule has 1 aliphatic rings. The largest absolute Gasteiger partial charge is 0.459 e. The minimum Gasteiger partial charge on any atom is -0.459 e. The molecular weight excluding hydrogens is 394 g/mol. The van der Waals surface area contributed by atoms with Crippen LogP contribution in [-0.4, -0.2) is 52.4 Å². The molecular formula is C24H25N3O4. The van der Waals surface area contributed by atoms with E-state index in [-0.39, 0.29) is 22.9 Å². The van der Waals surface area contributed by atoms with Crippen molar-refractivity contribution >= 4 is 11.8 Å². The summed E-state index contributed by atoms with van der Waals surface area (Å²) in [5.41, 5.74) is 1.75. The molecule has 160 valence electrons. The molecule has 3 heterocycles. The third-order valence-corrected chi connectivity index (χ3v) is 5.66. The summed E-state index contributed by atoms with van der Waals surface area (Å²) in [5, 5.41) is 0. The van der Waals surface area contributed by atoms with Crippen molar-refractivity contribution in [3.05, 3.63) is 93.8 Å². The lowest BCUT2D eigenvalue weighted by Crippen LogP contribution is -2.51. The standard InChI is InChI=1S/C24H25N3O4/c1-18-9-11-25(12-10-19-6-3-2-4-7-19)23(29)21(18)24(30)27-15-13-26(14-16-27)22(28)20-8-5-17-31-20/h2-9,11,17H,10,12-16H2,1H3. The third kappa shape index (κ3) is 4.45. The number of furan rings is 1. The van der Waals surface area contributed by atoms with Crippen LogP contribution in [0, 0.1) is 6.92 Å². The van der Waals surface area contributed by atoms with Gasteiger partial charge in [0, 0.05) is 38.9 Å². The average Bonchev–Trinajstić information content (AvgIpc) is 3.34. The van der Waals surface area contributed by atoms with Crippen LogP contribution >= 0.6 is 0 Å². The second-order valence-electron chi connectivity index (χ2n) is 7.67. The summed E-state index contributed by atoms with van der Waals surface area (Å²) in [6, 6.07) is 15.1. The van der Waals surface area contributed by atoms with Crippen molar-refractivity contribution in [3.63, 3.8) is 0 Å². The van der Waals surface area contributed by atoms with Crippen molar-refractivity contribution in [1.29, 1.82) is 0 Å². The second kappa shape index (κ2) is 9.04. The van der Waals surface area contributed by atoms with Gasteiger partial charge in [-0.1, -0.05) is 30.3 Å². The first-order chi connectivity index (χ1) is 15.0. The van der Waals surface area contributed by atoms with Gasteiger partial charge in [0.25, 0.3) is 17.4 Å². The van der Waals surface area contributed by atoms with Crippen LogP contribution in [0.15, 0.2) is 70.2 Å². The zero-order valence-corrected chi connectivity index (χ0v) is 17.5. The maximum Gasteiger partial charge on any atom is 0.289 e. The van der Waals surface area contributed by atoms with Gasteiger partial charge < -0.3 is 18.8 Å². The van der Waals surface area contributed by atoms with Gasteiger partial charge in [0.15, 0.2) is 5.76 Å². The van der Waals surface area contributed by atoms with Crippen LogP contribution in [0.5, 0.6) is 0 Å². The maximum atomic E-state index is 13.2. The molecule has 0 aliphatic carbocycles. The molecule has 3 aromatic rings. The molecule has 1 aliphatic heterocycles.